The number of rotatable bonds is 6. The lowest BCUT2D eigenvalue weighted by atomic mass is 9.93. The van der Waals surface area contributed by atoms with Crippen LogP contribution in [0.4, 0.5) is 4.39 Å². The molecule has 172 valence electrons. The van der Waals surface area contributed by atoms with Crippen LogP contribution in [0.3, 0.4) is 0 Å². The topological polar surface area (TPSA) is 47.4 Å². The van der Waals surface area contributed by atoms with E-state index >= 15 is 4.39 Å². The van der Waals surface area contributed by atoms with Gasteiger partial charge in [0.05, 0.1) is 6.04 Å². The van der Waals surface area contributed by atoms with Crippen LogP contribution in [0.25, 0.3) is 17.3 Å². The van der Waals surface area contributed by atoms with E-state index < -0.39 is 0 Å². The van der Waals surface area contributed by atoms with Crippen LogP contribution in [0.5, 0.6) is 0 Å². The summed E-state index contributed by atoms with van der Waals surface area (Å²) in [4.78, 5) is 14.0. The second-order valence-corrected chi connectivity index (χ2v) is 8.95. The van der Waals surface area contributed by atoms with Gasteiger partial charge in [-0.3, -0.25) is 9.48 Å². The van der Waals surface area contributed by atoms with Crippen molar-refractivity contribution in [3.8, 4) is 11.3 Å². The Hall–Kier alpha value is -2.47. The minimum absolute atomic E-state index is 0.0461. The van der Waals surface area contributed by atoms with Crippen LogP contribution >= 0.6 is 0 Å². The number of carbonyl (C=O) groups excluding carboxylic acids is 1. The predicted molar refractivity (Wildman–Crippen MR) is 125 cm³/mol. The third-order valence-electron chi connectivity index (χ3n) is 6.73. The normalized spacial score (nSPS) is 17.2. The molecule has 1 fully saturated rings. The van der Waals surface area contributed by atoms with Crippen LogP contribution in [-0.4, -0.2) is 40.3 Å². The Kier molecular flexibility index (Phi) is 7.09. The van der Waals surface area contributed by atoms with Crippen molar-refractivity contribution in [1.82, 2.24) is 14.7 Å². The second kappa shape index (κ2) is 9.99. The van der Waals surface area contributed by atoms with Crippen LogP contribution in [0.15, 0.2) is 18.2 Å². The molecule has 1 amide bonds. The van der Waals surface area contributed by atoms with E-state index in [1.165, 1.54) is 0 Å². The first-order valence-corrected chi connectivity index (χ1v) is 11.9. The number of halogens is 1. The third kappa shape index (κ3) is 4.51. The molecule has 32 heavy (non-hydrogen) atoms. The number of nitrogens with zero attached hydrogens (tertiary/aromatic N) is 3. The van der Waals surface area contributed by atoms with E-state index in [0.29, 0.717) is 24.3 Å². The van der Waals surface area contributed by atoms with Crippen molar-refractivity contribution in [2.24, 2.45) is 0 Å². The number of hydrogen-bond acceptors (Lipinski definition) is 3. The van der Waals surface area contributed by atoms with Crippen molar-refractivity contribution in [2.45, 2.75) is 71.9 Å². The van der Waals surface area contributed by atoms with Gasteiger partial charge in [-0.15, -0.1) is 0 Å². The molecule has 0 radical (unpaired) electrons. The van der Waals surface area contributed by atoms with Gasteiger partial charge in [0.1, 0.15) is 11.5 Å². The van der Waals surface area contributed by atoms with Crippen molar-refractivity contribution >= 4 is 12.0 Å². The fourth-order valence-electron chi connectivity index (χ4n) is 4.82. The summed E-state index contributed by atoms with van der Waals surface area (Å²) in [6, 6.07) is 3.63. The Balaban J connectivity index is 1.84. The zero-order valence-electron chi connectivity index (χ0n) is 19.5. The van der Waals surface area contributed by atoms with E-state index in [2.05, 4.69) is 23.8 Å². The van der Waals surface area contributed by atoms with E-state index in [1.54, 1.807) is 13.0 Å². The van der Waals surface area contributed by atoms with E-state index in [9.17, 15) is 4.79 Å². The summed E-state index contributed by atoms with van der Waals surface area (Å²) in [5, 5.41) is 5.04. The fraction of sp³-hybridized carbons (Fsp3) is 0.538. The van der Waals surface area contributed by atoms with Crippen LogP contribution in [0.2, 0.25) is 0 Å². The predicted octanol–water partition coefficient (Wildman–Crippen LogP) is 5.46. The molecule has 2 aliphatic heterocycles. The van der Waals surface area contributed by atoms with E-state index in [-0.39, 0.29) is 17.8 Å². The fourth-order valence-corrected chi connectivity index (χ4v) is 4.82. The highest BCUT2D eigenvalue weighted by atomic mass is 19.1. The quantitative estimate of drug-likeness (QED) is 0.562. The van der Waals surface area contributed by atoms with Crippen LogP contribution < -0.4 is 0 Å². The smallest absolute Gasteiger partial charge is 0.219 e. The Morgan fingerprint density at radius 2 is 2.09 bits per heavy atom. The summed E-state index contributed by atoms with van der Waals surface area (Å²) in [5.74, 6) is -0.213. The van der Waals surface area contributed by atoms with Gasteiger partial charge in [-0.05, 0) is 43.4 Å². The van der Waals surface area contributed by atoms with E-state index in [1.807, 2.05) is 17.9 Å². The number of fused-ring (bicyclic) bond motifs is 1. The van der Waals surface area contributed by atoms with Gasteiger partial charge in [-0.25, -0.2) is 4.39 Å². The summed E-state index contributed by atoms with van der Waals surface area (Å²) in [6.07, 6.45) is 9.96. The van der Waals surface area contributed by atoms with Gasteiger partial charge in [0.25, 0.3) is 0 Å². The van der Waals surface area contributed by atoms with E-state index in [4.69, 9.17) is 9.84 Å². The summed E-state index contributed by atoms with van der Waals surface area (Å²) >= 11 is 0. The number of benzene rings is 1. The maximum atomic E-state index is 15.4. The number of carbonyl (C=O) groups is 1. The Morgan fingerprint density at radius 1 is 1.31 bits per heavy atom. The molecule has 1 saturated heterocycles. The minimum atomic E-state index is -0.259. The molecule has 1 aromatic carbocycles. The molecular weight excluding hydrogens is 405 g/mol. The van der Waals surface area contributed by atoms with Gasteiger partial charge in [0, 0.05) is 56.5 Å². The lowest BCUT2D eigenvalue weighted by Crippen LogP contribution is -2.35. The SMILES string of the molecule is CCCC/C=C\c1c(C)ccc(F)c1-c1nn(C2CCOCC2)c2c1CN(C(C)=O)CC2. The first kappa shape index (κ1) is 22.7. The van der Waals surface area contributed by atoms with Gasteiger partial charge < -0.3 is 9.64 Å². The molecule has 5 nitrogen and oxygen atoms in total. The van der Waals surface area contributed by atoms with Crippen molar-refractivity contribution in [3.63, 3.8) is 0 Å². The highest BCUT2D eigenvalue weighted by Crippen LogP contribution is 2.38. The third-order valence-corrected chi connectivity index (χ3v) is 6.73. The molecule has 3 heterocycles. The lowest BCUT2D eigenvalue weighted by molar-refractivity contribution is -0.129. The first-order valence-electron chi connectivity index (χ1n) is 11.9. The molecule has 0 atom stereocenters. The molecule has 0 bridgehead atoms. The monoisotopic (exact) mass is 439 g/mol. The first-order chi connectivity index (χ1) is 15.5. The molecule has 2 aliphatic rings. The zero-order chi connectivity index (χ0) is 22.7. The van der Waals surface area contributed by atoms with E-state index in [0.717, 1.165) is 74.1 Å². The largest absolute Gasteiger partial charge is 0.381 e. The molecule has 0 unspecified atom stereocenters. The maximum Gasteiger partial charge on any atom is 0.219 e. The molecule has 4 rings (SSSR count). The summed E-state index contributed by atoms with van der Waals surface area (Å²) < 4.78 is 23.1. The molecule has 0 saturated carbocycles. The number of aromatic nitrogens is 2. The Bertz CT molecular complexity index is 1000. The molecule has 0 N–H and O–H groups in total. The van der Waals surface area contributed by atoms with Gasteiger partial charge in [0.15, 0.2) is 0 Å². The Labute approximate surface area is 190 Å². The highest BCUT2D eigenvalue weighted by Gasteiger charge is 2.31. The summed E-state index contributed by atoms with van der Waals surface area (Å²) in [7, 11) is 0. The molecule has 2 aromatic rings. The number of ether oxygens (including phenoxy) is 1. The van der Waals surface area contributed by atoms with Crippen LogP contribution in [0, 0.1) is 12.7 Å². The van der Waals surface area contributed by atoms with Gasteiger partial charge in [-0.1, -0.05) is 38.0 Å². The minimum Gasteiger partial charge on any atom is -0.381 e. The number of hydrogen-bond donors (Lipinski definition) is 0. The average molecular weight is 440 g/mol. The van der Waals surface area contributed by atoms with Crippen molar-refractivity contribution < 1.29 is 13.9 Å². The van der Waals surface area contributed by atoms with Crippen LogP contribution in [0.1, 0.15) is 74.4 Å². The second-order valence-electron chi connectivity index (χ2n) is 8.95. The number of amides is 1. The van der Waals surface area contributed by atoms with Gasteiger partial charge in [-0.2, -0.15) is 5.10 Å². The number of unbranched alkanes of at least 4 members (excludes halogenated alkanes) is 2. The molecule has 6 heteroatoms. The average Bonchev–Trinajstić information content (AvgIpc) is 3.18. The summed E-state index contributed by atoms with van der Waals surface area (Å²) in [6.45, 7) is 8.39. The molecule has 0 spiro atoms. The molecule has 1 aromatic heterocycles. The highest BCUT2D eigenvalue weighted by molar-refractivity contribution is 5.79. The molecular formula is C26H34FN3O2. The standard InChI is InChI=1S/C26H34FN3O2/c1-4-5-6-7-8-21-18(2)9-10-23(27)25(21)26-22-17-29(19(3)31)14-11-24(22)30(28-26)20-12-15-32-16-13-20/h7-10,20H,4-6,11-17H2,1-3H3/b8-7-. The lowest BCUT2D eigenvalue weighted by Gasteiger charge is -2.29. The summed E-state index contributed by atoms with van der Waals surface area (Å²) in [5.41, 5.74) is 5.30. The Morgan fingerprint density at radius 3 is 2.81 bits per heavy atom. The van der Waals surface area contributed by atoms with Gasteiger partial charge >= 0.3 is 0 Å². The van der Waals surface area contributed by atoms with Crippen molar-refractivity contribution in [3.05, 3.63) is 46.4 Å². The molecule has 0 aliphatic carbocycles. The van der Waals surface area contributed by atoms with Gasteiger partial charge in [0.2, 0.25) is 5.91 Å². The van der Waals surface area contributed by atoms with Crippen molar-refractivity contribution in [2.75, 3.05) is 19.8 Å². The zero-order valence-corrected chi connectivity index (χ0v) is 19.5. The van der Waals surface area contributed by atoms with Crippen molar-refractivity contribution in [1.29, 1.82) is 0 Å². The number of allylic oxidation sites excluding steroid dienone is 1. The maximum absolute atomic E-state index is 15.4. The number of aryl methyl sites for hydroxylation is 1. The van der Waals surface area contributed by atoms with Crippen LogP contribution in [-0.2, 0) is 22.5 Å².